The van der Waals surface area contributed by atoms with Gasteiger partial charge in [-0.3, -0.25) is 9.78 Å². The summed E-state index contributed by atoms with van der Waals surface area (Å²) in [6.07, 6.45) is 0.897. The van der Waals surface area contributed by atoms with Gasteiger partial charge < -0.3 is 25.6 Å². The van der Waals surface area contributed by atoms with E-state index in [1.54, 1.807) is 22.9 Å². The second kappa shape index (κ2) is 4.44. The van der Waals surface area contributed by atoms with Gasteiger partial charge in [0, 0.05) is 6.20 Å². The Balaban J connectivity index is 2.16. The van der Waals surface area contributed by atoms with Gasteiger partial charge in [0.2, 0.25) is 5.95 Å². The van der Waals surface area contributed by atoms with Crippen LogP contribution in [-0.4, -0.2) is 48.7 Å². The van der Waals surface area contributed by atoms with Gasteiger partial charge in [0.05, 0.1) is 18.0 Å². The highest BCUT2D eigenvalue weighted by atomic mass is 16.3. The number of H-pyrrole nitrogens is 1. The van der Waals surface area contributed by atoms with Crippen molar-refractivity contribution >= 4 is 17.0 Å². The molecule has 20 heavy (non-hydrogen) atoms. The molecule has 0 fully saturated rings. The lowest BCUT2D eigenvalue weighted by atomic mass is 10.1. The third kappa shape index (κ3) is 1.73. The van der Waals surface area contributed by atoms with Crippen molar-refractivity contribution in [1.82, 2.24) is 14.5 Å². The zero-order chi connectivity index (χ0) is 14.4. The summed E-state index contributed by atoms with van der Waals surface area (Å²) in [6, 6.07) is 0.947. The highest BCUT2D eigenvalue weighted by molar-refractivity contribution is 5.76. The number of hydrogen-bond acceptors (Lipinski definition) is 6. The molecule has 3 atom stereocenters. The average Bonchev–Trinajstić information content (AvgIpc) is 2.93. The topological polar surface area (TPSA) is 137 Å². The van der Waals surface area contributed by atoms with Crippen LogP contribution in [0.25, 0.3) is 11.0 Å². The number of aliphatic hydroxyl groups is 3. The predicted octanol–water partition coefficient (Wildman–Crippen LogP) is -1.50. The summed E-state index contributed by atoms with van der Waals surface area (Å²) in [4.78, 5) is 18.2. The fourth-order valence-corrected chi connectivity index (χ4v) is 2.51. The van der Waals surface area contributed by atoms with Crippen LogP contribution in [0.4, 0.5) is 5.95 Å². The number of aromatic nitrogens is 3. The summed E-state index contributed by atoms with van der Waals surface area (Å²) in [5.74, 6) is -0.0261. The number of nitrogens with two attached hydrogens (primary N) is 1. The van der Waals surface area contributed by atoms with E-state index in [2.05, 4.69) is 9.97 Å². The summed E-state index contributed by atoms with van der Waals surface area (Å²) in [5.41, 5.74) is 5.80. The van der Waals surface area contributed by atoms with E-state index in [9.17, 15) is 15.0 Å². The van der Waals surface area contributed by atoms with Gasteiger partial charge in [0.25, 0.3) is 5.56 Å². The van der Waals surface area contributed by atoms with Crippen LogP contribution in [0, 0.1) is 0 Å². The third-order valence-corrected chi connectivity index (χ3v) is 3.54. The molecular weight excluding hydrogens is 264 g/mol. The van der Waals surface area contributed by atoms with Gasteiger partial charge in [-0.05, 0) is 11.6 Å². The van der Waals surface area contributed by atoms with Crippen LogP contribution in [0.3, 0.4) is 0 Å². The quantitative estimate of drug-likeness (QED) is 0.424. The maximum absolute atomic E-state index is 11.7. The van der Waals surface area contributed by atoms with Crippen molar-refractivity contribution in [3.8, 4) is 0 Å². The molecule has 0 amide bonds. The molecule has 0 bridgehead atoms. The molecular formula is C12H14N4O4. The predicted molar refractivity (Wildman–Crippen MR) is 71.0 cm³/mol. The Hall–Kier alpha value is -2.16. The molecule has 0 spiro atoms. The first-order valence-corrected chi connectivity index (χ1v) is 6.07. The lowest BCUT2D eigenvalue weighted by molar-refractivity contribution is 0.0288. The maximum Gasteiger partial charge on any atom is 0.261 e. The van der Waals surface area contributed by atoms with E-state index >= 15 is 0 Å². The number of nitrogens with zero attached hydrogens (tertiary/aromatic N) is 2. The van der Waals surface area contributed by atoms with E-state index in [4.69, 9.17) is 10.8 Å². The van der Waals surface area contributed by atoms with Crippen molar-refractivity contribution in [3.05, 3.63) is 34.3 Å². The molecule has 1 unspecified atom stereocenters. The molecule has 6 N–H and O–H groups in total. The molecule has 8 nitrogen and oxygen atoms in total. The van der Waals surface area contributed by atoms with Crippen molar-refractivity contribution in [3.63, 3.8) is 0 Å². The zero-order valence-electron chi connectivity index (χ0n) is 10.4. The molecule has 1 aliphatic carbocycles. The zero-order valence-corrected chi connectivity index (χ0v) is 10.4. The number of aliphatic hydroxyl groups excluding tert-OH is 3. The van der Waals surface area contributed by atoms with Gasteiger partial charge in [-0.25, -0.2) is 0 Å². The van der Waals surface area contributed by atoms with Crippen LogP contribution < -0.4 is 11.3 Å². The van der Waals surface area contributed by atoms with E-state index in [0.717, 1.165) is 0 Å². The van der Waals surface area contributed by atoms with E-state index in [0.29, 0.717) is 16.6 Å². The molecule has 2 aromatic rings. The molecule has 2 aromatic heterocycles. The van der Waals surface area contributed by atoms with E-state index in [1.807, 2.05) is 0 Å². The van der Waals surface area contributed by atoms with E-state index in [-0.39, 0.29) is 18.1 Å². The molecule has 8 heteroatoms. The van der Waals surface area contributed by atoms with Crippen LogP contribution in [0.1, 0.15) is 6.04 Å². The largest absolute Gasteiger partial charge is 0.392 e. The first-order valence-electron chi connectivity index (χ1n) is 6.07. The van der Waals surface area contributed by atoms with Crippen LogP contribution in [0.2, 0.25) is 0 Å². The van der Waals surface area contributed by atoms with Crippen LogP contribution >= 0.6 is 0 Å². The Labute approximate surface area is 112 Å². The SMILES string of the molecule is Nc1nc2c(ccn2[C@@H]2C=C(CO)C(O)[C@@H]2O)c(=O)[nH]1. The Morgan fingerprint density at radius 2 is 2.20 bits per heavy atom. The lowest BCUT2D eigenvalue weighted by Gasteiger charge is -2.19. The van der Waals surface area contributed by atoms with Gasteiger partial charge in [-0.1, -0.05) is 6.08 Å². The minimum absolute atomic E-state index is 0.0261. The standard InChI is InChI=1S/C12H14N4O4/c13-12-14-10-6(11(20)15-12)1-2-16(10)7-3-5(4-17)8(18)9(7)19/h1-3,7-9,17-19H,4H2,(H3,13,14,15,20)/t7-,8?,9-/m1/s1. The molecule has 106 valence electrons. The Morgan fingerprint density at radius 1 is 1.45 bits per heavy atom. The van der Waals surface area contributed by atoms with Gasteiger partial charge in [0.15, 0.2) is 0 Å². The minimum atomic E-state index is -1.14. The number of anilines is 1. The minimum Gasteiger partial charge on any atom is -0.392 e. The van der Waals surface area contributed by atoms with Gasteiger partial charge >= 0.3 is 0 Å². The Morgan fingerprint density at radius 3 is 2.85 bits per heavy atom. The first-order chi connectivity index (χ1) is 9.52. The summed E-state index contributed by atoms with van der Waals surface area (Å²) in [5, 5.41) is 29.3. The second-order valence-corrected chi connectivity index (χ2v) is 4.74. The molecule has 0 radical (unpaired) electrons. The van der Waals surface area contributed by atoms with Gasteiger partial charge in [0.1, 0.15) is 17.9 Å². The molecule has 0 saturated carbocycles. The maximum atomic E-state index is 11.7. The first kappa shape index (κ1) is 12.9. The highest BCUT2D eigenvalue weighted by Crippen LogP contribution is 2.31. The molecule has 1 aliphatic rings. The highest BCUT2D eigenvalue weighted by Gasteiger charge is 2.35. The van der Waals surface area contributed by atoms with Crippen molar-refractivity contribution < 1.29 is 15.3 Å². The second-order valence-electron chi connectivity index (χ2n) is 4.74. The van der Waals surface area contributed by atoms with Crippen LogP contribution in [-0.2, 0) is 0 Å². The smallest absolute Gasteiger partial charge is 0.261 e. The lowest BCUT2D eigenvalue weighted by Crippen LogP contribution is -2.30. The van der Waals surface area contributed by atoms with E-state index in [1.165, 1.54) is 0 Å². The average molecular weight is 278 g/mol. The summed E-state index contributed by atoms with van der Waals surface area (Å²) in [6.45, 7) is -0.343. The van der Waals surface area contributed by atoms with Gasteiger partial charge in [-0.15, -0.1) is 0 Å². The van der Waals surface area contributed by atoms with Gasteiger partial charge in [-0.2, -0.15) is 4.98 Å². The fourth-order valence-electron chi connectivity index (χ4n) is 2.51. The van der Waals surface area contributed by atoms with E-state index < -0.39 is 18.2 Å². The summed E-state index contributed by atoms with van der Waals surface area (Å²) >= 11 is 0. The molecule has 3 rings (SSSR count). The number of hydrogen-bond donors (Lipinski definition) is 5. The Kier molecular flexibility index (Phi) is 2.85. The Bertz CT molecular complexity index is 747. The molecule has 0 aliphatic heterocycles. The van der Waals surface area contributed by atoms with Crippen molar-refractivity contribution in [2.45, 2.75) is 18.2 Å². The number of rotatable bonds is 2. The summed E-state index contributed by atoms with van der Waals surface area (Å²) in [7, 11) is 0. The molecule has 0 saturated heterocycles. The van der Waals surface area contributed by atoms with Crippen LogP contribution in [0.15, 0.2) is 28.7 Å². The molecule has 2 heterocycles. The number of nitrogens with one attached hydrogen (secondary N) is 1. The molecule has 0 aromatic carbocycles. The summed E-state index contributed by atoms with van der Waals surface area (Å²) < 4.78 is 1.55. The number of fused-ring (bicyclic) bond motifs is 1. The van der Waals surface area contributed by atoms with Crippen molar-refractivity contribution in [2.24, 2.45) is 0 Å². The number of nitrogen functional groups attached to an aromatic ring is 1. The normalized spacial score (nSPS) is 26.1. The fraction of sp³-hybridized carbons (Fsp3) is 0.333. The number of aromatic amines is 1. The third-order valence-electron chi connectivity index (χ3n) is 3.54. The van der Waals surface area contributed by atoms with Crippen LogP contribution in [0.5, 0.6) is 0 Å². The monoisotopic (exact) mass is 278 g/mol. The van der Waals surface area contributed by atoms with Crippen molar-refractivity contribution in [1.29, 1.82) is 0 Å². The van der Waals surface area contributed by atoms with Crippen molar-refractivity contribution in [2.75, 3.05) is 12.3 Å².